The summed E-state index contributed by atoms with van der Waals surface area (Å²) in [7, 11) is 1.99. The molecule has 0 saturated carbocycles. The molecule has 0 aromatic heterocycles. The van der Waals surface area contributed by atoms with E-state index in [0.29, 0.717) is 12.6 Å². The van der Waals surface area contributed by atoms with Gasteiger partial charge < -0.3 is 15.8 Å². The molecule has 1 amide bonds. The van der Waals surface area contributed by atoms with E-state index in [1.54, 1.807) is 0 Å². The maximum absolute atomic E-state index is 10.7. The molecule has 1 aliphatic carbocycles. The van der Waals surface area contributed by atoms with Crippen LogP contribution in [0.15, 0.2) is 18.2 Å². The highest BCUT2D eigenvalue weighted by Gasteiger charge is 2.21. The van der Waals surface area contributed by atoms with Crippen molar-refractivity contribution in [3.8, 4) is 5.75 Å². The van der Waals surface area contributed by atoms with Crippen LogP contribution in [-0.2, 0) is 11.2 Å². The fraction of sp³-hybridized carbons (Fsp3) is 0.500. The molecule has 2 rings (SSSR count). The van der Waals surface area contributed by atoms with Crippen molar-refractivity contribution < 1.29 is 9.53 Å². The van der Waals surface area contributed by atoms with Crippen LogP contribution in [-0.4, -0.2) is 19.6 Å². The molecular formula is C14H20N2O2. The minimum Gasteiger partial charge on any atom is -0.493 e. The molecule has 98 valence electrons. The fourth-order valence-electron chi connectivity index (χ4n) is 2.51. The summed E-state index contributed by atoms with van der Waals surface area (Å²) in [6, 6.07) is 6.54. The average molecular weight is 248 g/mol. The third-order valence-corrected chi connectivity index (χ3v) is 3.42. The Labute approximate surface area is 108 Å². The van der Waals surface area contributed by atoms with E-state index in [2.05, 4.69) is 11.4 Å². The topological polar surface area (TPSA) is 64.3 Å². The highest BCUT2D eigenvalue weighted by Crippen LogP contribution is 2.35. The Balaban J connectivity index is 2.14. The lowest BCUT2D eigenvalue weighted by Gasteiger charge is -2.26. The smallest absolute Gasteiger partial charge is 0.220 e. The van der Waals surface area contributed by atoms with Gasteiger partial charge in [0.25, 0.3) is 0 Å². The zero-order valence-corrected chi connectivity index (χ0v) is 10.7. The zero-order chi connectivity index (χ0) is 13.0. The van der Waals surface area contributed by atoms with Crippen molar-refractivity contribution in [1.82, 2.24) is 5.32 Å². The van der Waals surface area contributed by atoms with Crippen LogP contribution in [0.1, 0.15) is 36.4 Å². The van der Waals surface area contributed by atoms with Gasteiger partial charge in [0.2, 0.25) is 5.91 Å². The van der Waals surface area contributed by atoms with Gasteiger partial charge in [-0.25, -0.2) is 0 Å². The van der Waals surface area contributed by atoms with Crippen LogP contribution in [0.25, 0.3) is 0 Å². The molecule has 3 N–H and O–H groups in total. The van der Waals surface area contributed by atoms with Crippen LogP contribution in [0.4, 0.5) is 0 Å². The molecule has 0 spiro atoms. The molecule has 1 aromatic carbocycles. The van der Waals surface area contributed by atoms with Crippen molar-refractivity contribution in [3.63, 3.8) is 0 Å². The van der Waals surface area contributed by atoms with Crippen LogP contribution in [0.2, 0.25) is 0 Å². The molecule has 0 aliphatic heterocycles. The molecule has 1 aliphatic rings. The van der Waals surface area contributed by atoms with Gasteiger partial charge in [0, 0.05) is 6.04 Å². The number of primary amides is 1. The summed E-state index contributed by atoms with van der Waals surface area (Å²) < 4.78 is 5.68. The Bertz CT molecular complexity index is 432. The van der Waals surface area contributed by atoms with Gasteiger partial charge in [-0.3, -0.25) is 4.79 Å². The van der Waals surface area contributed by atoms with Crippen LogP contribution >= 0.6 is 0 Å². The number of carbonyl (C=O) groups is 1. The van der Waals surface area contributed by atoms with Gasteiger partial charge >= 0.3 is 0 Å². The SMILES string of the molecule is CNC1CCCc2c(OCCC(N)=O)cccc21. The number of benzene rings is 1. The van der Waals surface area contributed by atoms with Gasteiger partial charge in [-0.2, -0.15) is 0 Å². The third-order valence-electron chi connectivity index (χ3n) is 3.42. The summed E-state index contributed by atoms with van der Waals surface area (Å²) in [4.78, 5) is 10.7. The highest BCUT2D eigenvalue weighted by atomic mass is 16.5. The first-order valence-electron chi connectivity index (χ1n) is 6.42. The molecule has 18 heavy (non-hydrogen) atoms. The molecule has 1 aromatic rings. The number of amides is 1. The molecule has 4 heteroatoms. The lowest BCUT2D eigenvalue weighted by Crippen LogP contribution is -2.22. The Morgan fingerprint density at radius 2 is 2.39 bits per heavy atom. The molecular weight excluding hydrogens is 228 g/mol. The van der Waals surface area contributed by atoms with E-state index < -0.39 is 0 Å². The predicted molar refractivity (Wildman–Crippen MR) is 70.5 cm³/mol. The number of hydrogen-bond acceptors (Lipinski definition) is 3. The number of carbonyl (C=O) groups excluding carboxylic acids is 1. The van der Waals surface area contributed by atoms with Crippen LogP contribution < -0.4 is 15.8 Å². The monoisotopic (exact) mass is 248 g/mol. The van der Waals surface area contributed by atoms with E-state index in [1.165, 1.54) is 11.1 Å². The van der Waals surface area contributed by atoms with E-state index in [4.69, 9.17) is 10.5 Å². The quantitative estimate of drug-likeness (QED) is 0.830. The van der Waals surface area contributed by atoms with E-state index in [9.17, 15) is 4.79 Å². The number of hydrogen-bond donors (Lipinski definition) is 2. The lowest BCUT2D eigenvalue weighted by molar-refractivity contribution is -0.118. The number of nitrogens with one attached hydrogen (secondary N) is 1. The second-order valence-electron chi connectivity index (χ2n) is 4.62. The first-order chi connectivity index (χ1) is 8.72. The van der Waals surface area contributed by atoms with Crippen LogP contribution in [0.3, 0.4) is 0 Å². The molecule has 0 radical (unpaired) electrons. The first-order valence-corrected chi connectivity index (χ1v) is 6.42. The molecule has 1 unspecified atom stereocenters. The molecule has 0 bridgehead atoms. The van der Waals surface area contributed by atoms with Gasteiger partial charge in [0.05, 0.1) is 13.0 Å². The fourth-order valence-corrected chi connectivity index (χ4v) is 2.51. The van der Waals surface area contributed by atoms with Gasteiger partial charge in [-0.15, -0.1) is 0 Å². The third kappa shape index (κ3) is 2.82. The largest absolute Gasteiger partial charge is 0.493 e. The minimum absolute atomic E-state index is 0.263. The lowest BCUT2D eigenvalue weighted by atomic mass is 9.87. The summed E-state index contributed by atoms with van der Waals surface area (Å²) in [5, 5.41) is 3.33. The minimum atomic E-state index is -0.326. The van der Waals surface area contributed by atoms with E-state index in [0.717, 1.165) is 25.0 Å². The van der Waals surface area contributed by atoms with Crippen molar-refractivity contribution in [2.24, 2.45) is 5.73 Å². The summed E-state index contributed by atoms with van der Waals surface area (Å²) in [5.74, 6) is 0.571. The van der Waals surface area contributed by atoms with Gasteiger partial charge in [0.15, 0.2) is 0 Å². The number of fused-ring (bicyclic) bond motifs is 1. The standard InChI is InChI=1S/C14H20N2O2/c1-16-12-6-2-5-11-10(12)4-3-7-13(11)18-9-8-14(15)17/h3-4,7,12,16H,2,5-6,8-9H2,1H3,(H2,15,17). The van der Waals surface area contributed by atoms with Crippen molar-refractivity contribution in [2.75, 3.05) is 13.7 Å². The average Bonchev–Trinajstić information content (AvgIpc) is 2.38. The first kappa shape index (κ1) is 12.9. The van der Waals surface area contributed by atoms with E-state index in [1.807, 2.05) is 19.2 Å². The van der Waals surface area contributed by atoms with Gasteiger partial charge in [-0.05, 0) is 43.5 Å². The van der Waals surface area contributed by atoms with Crippen molar-refractivity contribution in [3.05, 3.63) is 29.3 Å². The number of nitrogens with two attached hydrogens (primary N) is 1. The van der Waals surface area contributed by atoms with Gasteiger partial charge in [-0.1, -0.05) is 12.1 Å². The summed E-state index contributed by atoms with van der Waals surface area (Å²) in [5.41, 5.74) is 7.70. The normalized spacial score (nSPS) is 18.2. The Hall–Kier alpha value is -1.55. The Kier molecular flexibility index (Phi) is 4.20. The predicted octanol–water partition coefficient (Wildman–Crippen LogP) is 1.54. The molecule has 1 atom stereocenters. The van der Waals surface area contributed by atoms with Crippen molar-refractivity contribution in [1.29, 1.82) is 0 Å². The number of rotatable bonds is 5. The maximum atomic E-state index is 10.7. The van der Waals surface area contributed by atoms with E-state index >= 15 is 0 Å². The molecule has 4 nitrogen and oxygen atoms in total. The summed E-state index contributed by atoms with van der Waals surface area (Å²) >= 11 is 0. The second-order valence-corrected chi connectivity index (χ2v) is 4.62. The van der Waals surface area contributed by atoms with Gasteiger partial charge in [0.1, 0.15) is 5.75 Å². The van der Waals surface area contributed by atoms with E-state index in [-0.39, 0.29) is 12.3 Å². The maximum Gasteiger partial charge on any atom is 0.220 e. The Morgan fingerprint density at radius 1 is 1.56 bits per heavy atom. The van der Waals surface area contributed by atoms with Crippen LogP contribution in [0.5, 0.6) is 5.75 Å². The molecule has 0 saturated heterocycles. The molecule has 0 fully saturated rings. The van der Waals surface area contributed by atoms with Crippen LogP contribution in [0, 0.1) is 0 Å². The number of ether oxygens (including phenoxy) is 1. The van der Waals surface area contributed by atoms with Crippen molar-refractivity contribution >= 4 is 5.91 Å². The second kappa shape index (κ2) is 5.87. The summed E-state index contributed by atoms with van der Waals surface area (Å²) in [6.45, 7) is 0.357. The summed E-state index contributed by atoms with van der Waals surface area (Å²) in [6.07, 6.45) is 3.63. The Morgan fingerprint density at radius 3 is 3.11 bits per heavy atom. The zero-order valence-electron chi connectivity index (χ0n) is 10.7. The highest BCUT2D eigenvalue weighted by molar-refractivity contribution is 5.73. The van der Waals surface area contributed by atoms with Crippen molar-refractivity contribution in [2.45, 2.75) is 31.7 Å². The molecule has 0 heterocycles.